The molecule has 7 rings (SSSR count). The standard InChI is InChI=1S/C29H27N7OS/c1-2-23(18-7-11-38-17-18)27-26(3-1)33-29(34-27)28-24-13-20(14-31-10-6-25(24)35-36-28)19-12-22(16-32-15-19)37-21-4-8-30-9-5-21/h1-3,6-7,11-17,21,30-31,35H,4-5,8-10H2,(H,33,34)/b20-14+,24-13+,25-6-. The van der Waals surface area contributed by atoms with Gasteiger partial charge in [0.1, 0.15) is 17.5 Å². The number of benzene rings is 1. The van der Waals surface area contributed by atoms with Crippen molar-refractivity contribution in [1.82, 2.24) is 35.8 Å². The smallest absolute Gasteiger partial charge is 0.159 e. The molecule has 38 heavy (non-hydrogen) atoms. The van der Waals surface area contributed by atoms with Crippen LogP contribution in [-0.4, -0.2) is 50.9 Å². The molecule has 1 fully saturated rings. The van der Waals surface area contributed by atoms with Gasteiger partial charge in [-0.25, -0.2) is 4.98 Å². The number of pyridine rings is 1. The Bertz CT molecular complexity index is 1740. The average molecular weight is 522 g/mol. The van der Waals surface area contributed by atoms with E-state index in [1.165, 1.54) is 5.56 Å². The number of fused-ring (bicyclic) bond motifs is 2. The van der Waals surface area contributed by atoms with Crippen molar-refractivity contribution in [2.75, 3.05) is 19.6 Å². The van der Waals surface area contributed by atoms with E-state index in [0.717, 1.165) is 81.5 Å². The maximum absolute atomic E-state index is 6.26. The molecule has 190 valence electrons. The highest BCUT2D eigenvalue weighted by Crippen LogP contribution is 2.30. The number of allylic oxidation sites excluding steroid dienone is 1. The number of piperidine rings is 1. The molecular weight excluding hydrogens is 494 g/mol. The Labute approximate surface area is 223 Å². The number of thiophene rings is 1. The fraction of sp³-hybridized carbons (Fsp3) is 0.207. The Morgan fingerprint density at radius 1 is 1.05 bits per heavy atom. The van der Waals surface area contributed by atoms with Gasteiger partial charge in [0.25, 0.3) is 0 Å². The monoisotopic (exact) mass is 521 g/mol. The van der Waals surface area contributed by atoms with Crippen LogP contribution >= 0.6 is 11.3 Å². The van der Waals surface area contributed by atoms with Crippen molar-refractivity contribution in [2.45, 2.75) is 18.9 Å². The Kier molecular flexibility index (Phi) is 5.99. The zero-order chi connectivity index (χ0) is 25.3. The number of imidazole rings is 1. The summed E-state index contributed by atoms with van der Waals surface area (Å²) in [5.74, 6) is 1.53. The Balaban J connectivity index is 1.29. The molecule has 0 aliphatic carbocycles. The number of hydrogen-bond acceptors (Lipinski definition) is 7. The van der Waals surface area contributed by atoms with Gasteiger partial charge in [0, 0.05) is 35.3 Å². The fourth-order valence-corrected chi connectivity index (χ4v) is 5.74. The zero-order valence-corrected chi connectivity index (χ0v) is 21.5. The van der Waals surface area contributed by atoms with Crippen LogP contribution in [0.1, 0.15) is 18.4 Å². The van der Waals surface area contributed by atoms with E-state index in [0.29, 0.717) is 6.54 Å². The van der Waals surface area contributed by atoms with Crippen LogP contribution in [0.4, 0.5) is 0 Å². The summed E-state index contributed by atoms with van der Waals surface area (Å²) in [6.07, 6.45) is 12.2. The fourth-order valence-electron chi connectivity index (χ4n) is 5.08. The van der Waals surface area contributed by atoms with Gasteiger partial charge in [0.05, 0.1) is 22.6 Å². The lowest BCUT2D eigenvalue weighted by Crippen LogP contribution is -2.34. The van der Waals surface area contributed by atoms with Gasteiger partial charge in [-0.05, 0) is 78.2 Å². The van der Waals surface area contributed by atoms with E-state index in [1.54, 1.807) is 17.5 Å². The van der Waals surface area contributed by atoms with Gasteiger partial charge in [-0.1, -0.05) is 12.1 Å². The van der Waals surface area contributed by atoms with Crippen molar-refractivity contribution in [3.8, 4) is 28.4 Å². The van der Waals surface area contributed by atoms with Crippen LogP contribution in [-0.2, 0) is 0 Å². The molecule has 2 aliphatic rings. The molecule has 1 saturated heterocycles. The third kappa shape index (κ3) is 4.40. The van der Waals surface area contributed by atoms with Gasteiger partial charge in [-0.15, -0.1) is 0 Å². The van der Waals surface area contributed by atoms with Crippen molar-refractivity contribution in [3.05, 3.63) is 75.8 Å². The number of aromatic amines is 2. The predicted molar refractivity (Wildman–Crippen MR) is 152 cm³/mol. The normalized spacial score (nSPS) is 19.1. The lowest BCUT2D eigenvalue weighted by Gasteiger charge is -2.23. The molecule has 8 nitrogen and oxygen atoms in total. The van der Waals surface area contributed by atoms with Crippen molar-refractivity contribution < 1.29 is 4.74 Å². The average Bonchev–Trinajstić information content (AvgIpc) is 3.69. The molecule has 0 unspecified atom stereocenters. The summed E-state index contributed by atoms with van der Waals surface area (Å²) in [5.41, 5.74) is 6.98. The number of nitrogens with one attached hydrogen (secondary N) is 4. The minimum absolute atomic E-state index is 0.218. The first-order valence-electron chi connectivity index (χ1n) is 12.9. The Morgan fingerprint density at radius 2 is 2.00 bits per heavy atom. The highest BCUT2D eigenvalue weighted by molar-refractivity contribution is 7.08. The molecule has 4 aromatic heterocycles. The number of rotatable bonds is 5. The van der Waals surface area contributed by atoms with Crippen LogP contribution in [0.2, 0.25) is 0 Å². The van der Waals surface area contributed by atoms with E-state index < -0.39 is 0 Å². The van der Waals surface area contributed by atoms with Crippen LogP contribution in [0.15, 0.2) is 59.7 Å². The first-order chi connectivity index (χ1) is 18.8. The molecule has 2 aliphatic heterocycles. The first-order valence-corrected chi connectivity index (χ1v) is 13.8. The zero-order valence-electron chi connectivity index (χ0n) is 20.7. The molecule has 0 saturated carbocycles. The van der Waals surface area contributed by atoms with Crippen molar-refractivity contribution in [2.24, 2.45) is 0 Å². The molecule has 4 N–H and O–H groups in total. The Morgan fingerprint density at radius 3 is 2.89 bits per heavy atom. The molecule has 5 aromatic rings. The number of hydrogen-bond donors (Lipinski definition) is 4. The van der Waals surface area contributed by atoms with Crippen LogP contribution in [0.25, 0.3) is 51.4 Å². The summed E-state index contributed by atoms with van der Waals surface area (Å²) < 4.78 is 6.26. The second-order valence-electron chi connectivity index (χ2n) is 9.53. The molecule has 1 aromatic carbocycles. The molecule has 0 spiro atoms. The predicted octanol–water partition coefficient (Wildman–Crippen LogP) is 3.41. The second-order valence-corrected chi connectivity index (χ2v) is 10.3. The Hall–Kier alpha value is -4.21. The van der Waals surface area contributed by atoms with Gasteiger partial charge in [-0.2, -0.15) is 16.4 Å². The number of H-pyrrole nitrogens is 2. The highest BCUT2D eigenvalue weighted by Gasteiger charge is 2.17. The lowest BCUT2D eigenvalue weighted by molar-refractivity contribution is 0.162. The van der Waals surface area contributed by atoms with E-state index in [1.807, 2.05) is 12.4 Å². The van der Waals surface area contributed by atoms with Crippen molar-refractivity contribution >= 4 is 40.1 Å². The summed E-state index contributed by atoms with van der Waals surface area (Å²) in [6, 6.07) is 10.4. The molecule has 0 amide bonds. The summed E-state index contributed by atoms with van der Waals surface area (Å²) in [7, 11) is 0. The van der Waals surface area contributed by atoms with Gasteiger partial charge >= 0.3 is 0 Å². The molecular formula is C29H27N7OS. The number of nitrogens with zero attached hydrogens (tertiary/aromatic N) is 3. The summed E-state index contributed by atoms with van der Waals surface area (Å²) in [6.45, 7) is 2.65. The van der Waals surface area contributed by atoms with Gasteiger partial charge in [0.15, 0.2) is 5.82 Å². The highest BCUT2D eigenvalue weighted by atomic mass is 32.1. The van der Waals surface area contributed by atoms with E-state index in [4.69, 9.17) is 9.72 Å². The topological polar surface area (TPSA) is 104 Å². The van der Waals surface area contributed by atoms with E-state index in [9.17, 15) is 0 Å². The summed E-state index contributed by atoms with van der Waals surface area (Å²) in [4.78, 5) is 13.0. The van der Waals surface area contributed by atoms with Crippen LogP contribution in [0, 0.1) is 0 Å². The maximum Gasteiger partial charge on any atom is 0.159 e. The second kappa shape index (κ2) is 9.92. The van der Waals surface area contributed by atoms with Crippen molar-refractivity contribution in [1.29, 1.82) is 0 Å². The van der Waals surface area contributed by atoms with Gasteiger partial charge in [-0.3, -0.25) is 10.1 Å². The largest absolute Gasteiger partial charge is 0.489 e. The van der Waals surface area contributed by atoms with Crippen LogP contribution in [0.5, 0.6) is 5.75 Å². The molecule has 0 radical (unpaired) electrons. The number of para-hydroxylation sites is 1. The summed E-state index contributed by atoms with van der Waals surface area (Å²) >= 11 is 1.69. The number of ether oxygens (including phenoxy) is 1. The van der Waals surface area contributed by atoms with Crippen LogP contribution < -0.4 is 25.9 Å². The lowest BCUT2D eigenvalue weighted by atomic mass is 10.1. The van der Waals surface area contributed by atoms with E-state index in [-0.39, 0.29) is 6.10 Å². The molecule has 9 heteroatoms. The molecule has 6 heterocycles. The third-order valence-corrected chi connectivity index (χ3v) is 7.70. The number of aromatic nitrogens is 5. The van der Waals surface area contributed by atoms with Crippen LogP contribution in [0.3, 0.4) is 0 Å². The quantitative estimate of drug-likeness (QED) is 0.283. The van der Waals surface area contributed by atoms with E-state index >= 15 is 0 Å². The first kappa shape index (κ1) is 22.9. The summed E-state index contributed by atoms with van der Waals surface area (Å²) in [5, 5.41) is 20.8. The minimum atomic E-state index is 0.218. The van der Waals surface area contributed by atoms with Gasteiger partial charge < -0.3 is 20.4 Å². The minimum Gasteiger partial charge on any atom is -0.489 e. The van der Waals surface area contributed by atoms with Gasteiger partial charge in [0.2, 0.25) is 0 Å². The third-order valence-electron chi connectivity index (χ3n) is 7.02. The van der Waals surface area contributed by atoms with Crippen molar-refractivity contribution in [3.63, 3.8) is 0 Å². The molecule has 0 bridgehead atoms. The molecule has 0 atom stereocenters. The van der Waals surface area contributed by atoms with E-state index in [2.05, 4.69) is 84.0 Å². The SMILES string of the molecule is C1=c2/[nH]nc(-c3nc4c(-c5ccsc5)cccc4[nH]3)/c2=C/C(c2cncc(OC3CCNCC3)c2)=C\NC\1. The maximum atomic E-state index is 6.26.